The zero-order valence-electron chi connectivity index (χ0n) is 12.1. The molecular formula is C14H16ClN5S. The van der Waals surface area contributed by atoms with Gasteiger partial charge in [0.05, 0.1) is 33.7 Å². The summed E-state index contributed by atoms with van der Waals surface area (Å²) in [6, 6.07) is 0.228. The van der Waals surface area contributed by atoms with Crippen LogP contribution in [-0.2, 0) is 13.5 Å². The Labute approximate surface area is 132 Å². The Morgan fingerprint density at radius 3 is 2.81 bits per heavy atom. The Balaban J connectivity index is 1.77. The molecule has 0 fully saturated rings. The second kappa shape index (κ2) is 5.61. The molecule has 7 heteroatoms. The molecule has 21 heavy (non-hydrogen) atoms. The number of hydrogen-bond acceptors (Lipinski definition) is 4. The maximum atomic E-state index is 5.91. The fourth-order valence-electron chi connectivity index (χ4n) is 2.28. The van der Waals surface area contributed by atoms with Gasteiger partial charge in [-0.05, 0) is 13.8 Å². The molecule has 110 valence electrons. The van der Waals surface area contributed by atoms with Crippen molar-refractivity contribution >= 4 is 22.9 Å². The third-order valence-corrected chi connectivity index (χ3v) is 4.40. The third-order valence-electron chi connectivity index (χ3n) is 3.33. The van der Waals surface area contributed by atoms with Crippen LogP contribution in [0.15, 0.2) is 24.0 Å². The van der Waals surface area contributed by atoms with Crippen molar-refractivity contribution in [2.45, 2.75) is 26.3 Å². The van der Waals surface area contributed by atoms with Crippen molar-refractivity contribution in [2.24, 2.45) is 7.05 Å². The monoisotopic (exact) mass is 321 g/mol. The molecule has 1 atom stereocenters. The summed E-state index contributed by atoms with van der Waals surface area (Å²) in [4.78, 5) is 4.72. The summed E-state index contributed by atoms with van der Waals surface area (Å²) in [6.07, 6.45) is 6.34. The largest absolute Gasteiger partial charge is 0.275 e. The number of aromatic nitrogens is 5. The minimum atomic E-state index is 0.228. The first-order chi connectivity index (χ1) is 10.0. The highest BCUT2D eigenvalue weighted by molar-refractivity contribution is 7.09. The summed E-state index contributed by atoms with van der Waals surface area (Å²) in [5.41, 5.74) is 3.09. The summed E-state index contributed by atoms with van der Waals surface area (Å²) >= 11 is 7.58. The number of thiazole rings is 1. The van der Waals surface area contributed by atoms with E-state index in [9.17, 15) is 0 Å². The second-order valence-corrected chi connectivity index (χ2v) is 6.50. The molecule has 1 unspecified atom stereocenters. The first-order valence-electron chi connectivity index (χ1n) is 6.67. The van der Waals surface area contributed by atoms with Gasteiger partial charge in [-0.15, -0.1) is 11.3 Å². The predicted molar refractivity (Wildman–Crippen MR) is 84.7 cm³/mol. The number of hydrogen-bond donors (Lipinski definition) is 0. The molecule has 3 rings (SSSR count). The number of aryl methyl sites for hydroxylation is 2. The molecule has 0 amide bonds. The summed E-state index contributed by atoms with van der Waals surface area (Å²) in [5.74, 6) is 0. The molecule has 5 nitrogen and oxygen atoms in total. The zero-order valence-corrected chi connectivity index (χ0v) is 13.7. The van der Waals surface area contributed by atoms with E-state index in [1.807, 2.05) is 35.7 Å². The topological polar surface area (TPSA) is 48.5 Å². The number of rotatable bonds is 4. The Hall–Kier alpha value is -1.66. The maximum Gasteiger partial charge on any atom is 0.0953 e. The van der Waals surface area contributed by atoms with Gasteiger partial charge in [0.25, 0.3) is 0 Å². The van der Waals surface area contributed by atoms with Crippen LogP contribution in [0.5, 0.6) is 0 Å². The molecule has 0 N–H and O–H groups in total. The van der Waals surface area contributed by atoms with Crippen LogP contribution in [0.4, 0.5) is 0 Å². The lowest BCUT2D eigenvalue weighted by molar-refractivity contribution is 0.488. The SMILES string of the molecule is Cc1nn(C)cc1-c1csc(CC(C)n2cc(Cl)cn2)n1. The summed E-state index contributed by atoms with van der Waals surface area (Å²) in [6.45, 7) is 4.11. The molecular weight excluding hydrogens is 306 g/mol. The van der Waals surface area contributed by atoms with E-state index in [1.54, 1.807) is 17.5 Å². The normalized spacial score (nSPS) is 12.8. The predicted octanol–water partition coefficient (Wildman–Crippen LogP) is 3.51. The molecule has 3 heterocycles. The second-order valence-electron chi connectivity index (χ2n) is 5.12. The third kappa shape index (κ3) is 3.01. The van der Waals surface area contributed by atoms with E-state index in [0.29, 0.717) is 5.02 Å². The van der Waals surface area contributed by atoms with Crippen molar-refractivity contribution in [3.63, 3.8) is 0 Å². The molecule has 3 aromatic rings. The van der Waals surface area contributed by atoms with Gasteiger partial charge in [0.2, 0.25) is 0 Å². The van der Waals surface area contributed by atoms with E-state index in [0.717, 1.165) is 28.4 Å². The first kappa shape index (κ1) is 14.3. The van der Waals surface area contributed by atoms with Crippen LogP contribution in [0.3, 0.4) is 0 Å². The lowest BCUT2D eigenvalue weighted by Gasteiger charge is -2.09. The quantitative estimate of drug-likeness (QED) is 0.739. The van der Waals surface area contributed by atoms with Crippen molar-refractivity contribution < 1.29 is 0 Å². The maximum absolute atomic E-state index is 5.91. The first-order valence-corrected chi connectivity index (χ1v) is 7.93. The lowest BCUT2D eigenvalue weighted by atomic mass is 10.2. The molecule has 0 aliphatic heterocycles. The fourth-order valence-corrected chi connectivity index (χ4v) is 3.34. The smallest absolute Gasteiger partial charge is 0.0953 e. The van der Waals surface area contributed by atoms with E-state index >= 15 is 0 Å². The zero-order chi connectivity index (χ0) is 15.0. The van der Waals surface area contributed by atoms with E-state index in [4.69, 9.17) is 16.6 Å². The van der Waals surface area contributed by atoms with Gasteiger partial charge in [-0.2, -0.15) is 10.2 Å². The van der Waals surface area contributed by atoms with Crippen molar-refractivity contribution in [2.75, 3.05) is 0 Å². The molecule has 0 aliphatic rings. The van der Waals surface area contributed by atoms with Gasteiger partial charge in [0.1, 0.15) is 0 Å². The van der Waals surface area contributed by atoms with E-state index < -0.39 is 0 Å². The minimum absolute atomic E-state index is 0.228. The van der Waals surface area contributed by atoms with E-state index in [1.165, 1.54) is 0 Å². The van der Waals surface area contributed by atoms with Crippen LogP contribution in [0.1, 0.15) is 23.7 Å². The van der Waals surface area contributed by atoms with Crippen molar-refractivity contribution in [3.8, 4) is 11.3 Å². The molecule has 0 radical (unpaired) electrons. The van der Waals surface area contributed by atoms with Crippen LogP contribution in [0.2, 0.25) is 5.02 Å². The fraction of sp³-hybridized carbons (Fsp3) is 0.357. The van der Waals surface area contributed by atoms with E-state index in [2.05, 4.69) is 22.5 Å². The molecule has 0 saturated carbocycles. The molecule has 0 aliphatic carbocycles. The van der Waals surface area contributed by atoms with Gasteiger partial charge in [-0.1, -0.05) is 11.6 Å². The van der Waals surface area contributed by atoms with Gasteiger partial charge in [0, 0.05) is 36.8 Å². The molecule has 3 aromatic heterocycles. The highest BCUT2D eigenvalue weighted by atomic mass is 35.5. The van der Waals surface area contributed by atoms with Gasteiger partial charge in [0.15, 0.2) is 0 Å². The minimum Gasteiger partial charge on any atom is -0.275 e. The van der Waals surface area contributed by atoms with Crippen LogP contribution in [0.25, 0.3) is 11.3 Å². The van der Waals surface area contributed by atoms with Crippen LogP contribution < -0.4 is 0 Å². The average Bonchev–Trinajstić information content (AvgIpc) is 3.10. The Morgan fingerprint density at radius 1 is 1.38 bits per heavy atom. The average molecular weight is 322 g/mol. The Bertz CT molecular complexity index is 757. The standard InChI is InChI=1S/C14H16ClN5S/c1-9(20-6-11(15)5-16-20)4-14-17-13(8-21-14)12-7-19(3)18-10(12)2/h5-9H,4H2,1-3H3. The van der Waals surface area contributed by atoms with Gasteiger partial charge < -0.3 is 0 Å². The van der Waals surface area contributed by atoms with Gasteiger partial charge in [-0.3, -0.25) is 9.36 Å². The van der Waals surface area contributed by atoms with Crippen LogP contribution in [-0.4, -0.2) is 24.5 Å². The van der Waals surface area contributed by atoms with Crippen LogP contribution >= 0.6 is 22.9 Å². The highest BCUT2D eigenvalue weighted by Gasteiger charge is 2.13. The summed E-state index contributed by atoms with van der Waals surface area (Å²) in [7, 11) is 1.92. The van der Waals surface area contributed by atoms with Gasteiger partial charge in [-0.25, -0.2) is 4.98 Å². The molecule has 0 aromatic carbocycles. The Morgan fingerprint density at radius 2 is 2.19 bits per heavy atom. The molecule has 0 spiro atoms. The van der Waals surface area contributed by atoms with Crippen molar-refractivity contribution in [1.29, 1.82) is 0 Å². The van der Waals surface area contributed by atoms with Gasteiger partial charge >= 0.3 is 0 Å². The van der Waals surface area contributed by atoms with Crippen molar-refractivity contribution in [3.05, 3.63) is 39.7 Å². The summed E-state index contributed by atoms with van der Waals surface area (Å²) in [5, 5.41) is 12.4. The number of nitrogens with zero attached hydrogens (tertiary/aromatic N) is 5. The number of halogens is 1. The summed E-state index contributed by atoms with van der Waals surface area (Å²) < 4.78 is 3.69. The van der Waals surface area contributed by atoms with Crippen molar-refractivity contribution in [1.82, 2.24) is 24.5 Å². The van der Waals surface area contributed by atoms with Crippen LogP contribution in [0, 0.1) is 6.92 Å². The van der Waals surface area contributed by atoms with E-state index in [-0.39, 0.29) is 6.04 Å². The Kier molecular flexibility index (Phi) is 3.82. The highest BCUT2D eigenvalue weighted by Crippen LogP contribution is 2.26. The molecule has 0 bridgehead atoms. The molecule has 0 saturated heterocycles. The lowest BCUT2D eigenvalue weighted by Crippen LogP contribution is -2.08.